The van der Waals surface area contributed by atoms with Crippen molar-refractivity contribution in [3.63, 3.8) is 0 Å². The monoisotopic (exact) mass is 506 g/mol. The Morgan fingerprint density at radius 3 is 2.42 bits per heavy atom. The third-order valence-corrected chi connectivity index (χ3v) is 6.92. The summed E-state index contributed by atoms with van der Waals surface area (Å²) in [6.45, 7) is 0.0419. The van der Waals surface area contributed by atoms with Crippen LogP contribution >= 0.6 is 35.0 Å². The molecule has 0 saturated heterocycles. The Morgan fingerprint density at radius 2 is 1.81 bits per heavy atom. The van der Waals surface area contributed by atoms with Gasteiger partial charge >= 0.3 is 0 Å². The van der Waals surface area contributed by atoms with Crippen molar-refractivity contribution >= 4 is 56.6 Å². The Bertz CT molecular complexity index is 1020. The predicted octanol–water partition coefficient (Wildman–Crippen LogP) is 3.83. The Labute approximate surface area is 197 Å². The molecule has 0 unspecified atom stereocenters. The smallest absolute Gasteiger partial charge is 0.240 e. The van der Waals surface area contributed by atoms with Crippen LogP contribution < -0.4 is 19.1 Å². The van der Waals surface area contributed by atoms with Gasteiger partial charge in [-0.1, -0.05) is 29.3 Å². The van der Waals surface area contributed by atoms with E-state index in [-0.39, 0.29) is 6.54 Å². The fourth-order valence-electron chi connectivity index (χ4n) is 2.65. The summed E-state index contributed by atoms with van der Waals surface area (Å²) in [7, 11) is -0.755. The zero-order valence-corrected chi connectivity index (χ0v) is 20.5. The Hall–Kier alpha value is -1.81. The highest BCUT2D eigenvalue weighted by Crippen LogP contribution is 2.32. The molecule has 0 heterocycles. The fourth-order valence-corrected chi connectivity index (χ4v) is 4.92. The van der Waals surface area contributed by atoms with Gasteiger partial charge in [-0.05, 0) is 29.8 Å². The number of hydrogen-bond acceptors (Lipinski definition) is 6. The summed E-state index contributed by atoms with van der Waals surface area (Å²) >= 11 is 13.6. The lowest BCUT2D eigenvalue weighted by Gasteiger charge is -2.23. The average Bonchev–Trinajstić information content (AvgIpc) is 2.71. The molecule has 31 heavy (non-hydrogen) atoms. The topological polar surface area (TPSA) is 84.9 Å². The van der Waals surface area contributed by atoms with E-state index in [0.717, 1.165) is 16.1 Å². The number of benzene rings is 2. The van der Waals surface area contributed by atoms with E-state index in [9.17, 15) is 13.2 Å². The molecule has 0 aliphatic rings. The summed E-state index contributed by atoms with van der Waals surface area (Å²) in [5.41, 5.74) is 1.26. The van der Waals surface area contributed by atoms with E-state index in [1.165, 1.54) is 20.3 Å². The van der Waals surface area contributed by atoms with Crippen molar-refractivity contribution in [2.45, 2.75) is 5.75 Å². The standard InChI is InChI=1S/C20H24Cl2N2O5S2/c1-28-18-7-6-16(11-19(18)29-2)24(31(3,26)27)12-20(25)23-8-9-30-13-14-4-5-15(21)10-17(14)22/h4-7,10-11H,8-9,12-13H2,1-3H3,(H,23,25). The maximum atomic E-state index is 12.4. The van der Waals surface area contributed by atoms with Gasteiger partial charge in [-0.15, -0.1) is 0 Å². The SMILES string of the molecule is COc1ccc(N(CC(=O)NCCSCc2ccc(Cl)cc2Cl)S(C)(=O)=O)cc1OC. The maximum absolute atomic E-state index is 12.4. The molecular weight excluding hydrogens is 483 g/mol. The number of thioether (sulfide) groups is 1. The van der Waals surface area contributed by atoms with Crippen molar-refractivity contribution in [3.05, 3.63) is 52.0 Å². The minimum atomic E-state index is -3.69. The van der Waals surface area contributed by atoms with Crippen molar-refractivity contribution in [2.75, 3.05) is 43.6 Å². The van der Waals surface area contributed by atoms with Crippen molar-refractivity contribution in [1.29, 1.82) is 0 Å². The molecule has 0 atom stereocenters. The first kappa shape index (κ1) is 25.5. The number of carbonyl (C=O) groups excluding carboxylic acids is 1. The Balaban J connectivity index is 1.91. The van der Waals surface area contributed by atoms with Gasteiger partial charge in [0.05, 0.1) is 26.2 Å². The molecule has 7 nitrogen and oxygen atoms in total. The maximum Gasteiger partial charge on any atom is 0.240 e. The highest BCUT2D eigenvalue weighted by molar-refractivity contribution is 7.98. The van der Waals surface area contributed by atoms with Crippen molar-refractivity contribution in [3.8, 4) is 11.5 Å². The molecule has 1 N–H and O–H groups in total. The van der Waals surface area contributed by atoms with Gasteiger partial charge in [-0.3, -0.25) is 9.10 Å². The summed E-state index contributed by atoms with van der Waals surface area (Å²) in [6.07, 6.45) is 1.04. The predicted molar refractivity (Wildman–Crippen MR) is 127 cm³/mol. The summed E-state index contributed by atoms with van der Waals surface area (Å²) < 4.78 is 35.9. The number of ether oxygens (including phenoxy) is 2. The zero-order chi connectivity index (χ0) is 23.0. The van der Waals surface area contributed by atoms with Crippen LogP contribution in [0.5, 0.6) is 11.5 Å². The molecule has 0 fully saturated rings. The van der Waals surface area contributed by atoms with E-state index < -0.39 is 15.9 Å². The van der Waals surface area contributed by atoms with E-state index in [2.05, 4.69) is 5.32 Å². The minimum Gasteiger partial charge on any atom is -0.493 e. The van der Waals surface area contributed by atoms with E-state index in [1.54, 1.807) is 36.0 Å². The molecule has 0 aliphatic heterocycles. The number of anilines is 1. The number of halogens is 2. The van der Waals surface area contributed by atoms with Crippen LogP contribution in [-0.4, -0.2) is 53.6 Å². The molecule has 0 spiro atoms. The number of carbonyl (C=O) groups is 1. The molecular formula is C20H24Cl2N2O5S2. The summed E-state index contributed by atoms with van der Waals surface area (Å²) in [6, 6.07) is 9.99. The van der Waals surface area contributed by atoms with Crippen molar-refractivity contribution in [1.82, 2.24) is 5.32 Å². The normalized spacial score (nSPS) is 11.1. The third-order valence-electron chi connectivity index (χ3n) is 4.18. The van der Waals surface area contributed by atoms with Crippen LogP contribution in [0.3, 0.4) is 0 Å². The van der Waals surface area contributed by atoms with E-state index >= 15 is 0 Å². The Morgan fingerprint density at radius 1 is 1.10 bits per heavy atom. The second-order valence-electron chi connectivity index (χ2n) is 6.45. The van der Waals surface area contributed by atoms with Gasteiger partial charge in [0.15, 0.2) is 11.5 Å². The molecule has 0 aromatic heterocycles. The molecule has 2 aromatic rings. The fraction of sp³-hybridized carbons (Fsp3) is 0.350. The second-order valence-corrected chi connectivity index (χ2v) is 10.3. The van der Waals surface area contributed by atoms with Crippen molar-refractivity contribution < 1.29 is 22.7 Å². The van der Waals surface area contributed by atoms with Gasteiger partial charge in [0, 0.05) is 34.2 Å². The second kappa shape index (κ2) is 11.7. The van der Waals surface area contributed by atoms with Crippen LogP contribution in [0.4, 0.5) is 5.69 Å². The average molecular weight is 507 g/mol. The number of rotatable bonds is 11. The number of sulfonamides is 1. The van der Waals surface area contributed by atoms with Gasteiger partial charge in [-0.2, -0.15) is 11.8 Å². The third kappa shape index (κ3) is 7.68. The molecule has 0 saturated carbocycles. The summed E-state index contributed by atoms with van der Waals surface area (Å²) in [5, 5.41) is 3.92. The first-order valence-corrected chi connectivity index (χ1v) is 12.9. The molecule has 2 rings (SSSR count). The van der Waals surface area contributed by atoms with Gasteiger partial charge in [-0.25, -0.2) is 8.42 Å². The van der Waals surface area contributed by atoms with Crippen LogP contribution in [-0.2, 0) is 20.6 Å². The molecule has 0 bridgehead atoms. The van der Waals surface area contributed by atoms with Crippen LogP contribution in [0, 0.1) is 0 Å². The molecule has 1 amide bonds. The van der Waals surface area contributed by atoms with Crippen LogP contribution in [0.2, 0.25) is 10.0 Å². The molecule has 2 aromatic carbocycles. The number of amides is 1. The summed E-state index contributed by atoms with van der Waals surface area (Å²) in [5.74, 6) is 1.73. The van der Waals surface area contributed by atoms with Gasteiger partial charge < -0.3 is 14.8 Å². The molecule has 11 heteroatoms. The highest BCUT2D eigenvalue weighted by Gasteiger charge is 2.22. The van der Waals surface area contributed by atoms with Crippen LogP contribution in [0.1, 0.15) is 5.56 Å². The number of hydrogen-bond donors (Lipinski definition) is 1. The largest absolute Gasteiger partial charge is 0.493 e. The summed E-state index contributed by atoms with van der Waals surface area (Å²) in [4.78, 5) is 12.4. The lowest BCUT2D eigenvalue weighted by atomic mass is 10.2. The zero-order valence-electron chi connectivity index (χ0n) is 17.4. The number of nitrogens with zero attached hydrogens (tertiary/aromatic N) is 1. The van der Waals surface area contributed by atoms with Gasteiger partial charge in [0.2, 0.25) is 15.9 Å². The highest BCUT2D eigenvalue weighted by atomic mass is 35.5. The number of nitrogens with one attached hydrogen (secondary N) is 1. The number of methoxy groups -OCH3 is 2. The lowest BCUT2D eigenvalue weighted by molar-refractivity contribution is -0.119. The van der Waals surface area contributed by atoms with E-state index in [4.69, 9.17) is 32.7 Å². The lowest BCUT2D eigenvalue weighted by Crippen LogP contribution is -2.41. The molecule has 0 radical (unpaired) electrons. The van der Waals surface area contributed by atoms with E-state index in [1.807, 2.05) is 6.07 Å². The van der Waals surface area contributed by atoms with Crippen molar-refractivity contribution in [2.24, 2.45) is 0 Å². The Kier molecular flexibility index (Phi) is 9.61. The quantitative estimate of drug-likeness (QED) is 0.466. The first-order valence-electron chi connectivity index (χ1n) is 9.13. The molecule has 0 aliphatic carbocycles. The first-order chi connectivity index (χ1) is 14.7. The molecule has 170 valence electrons. The minimum absolute atomic E-state index is 0.307. The van der Waals surface area contributed by atoms with E-state index in [0.29, 0.717) is 45.3 Å². The van der Waals surface area contributed by atoms with Gasteiger partial charge in [0.1, 0.15) is 6.54 Å². The van der Waals surface area contributed by atoms with Crippen LogP contribution in [0.25, 0.3) is 0 Å². The van der Waals surface area contributed by atoms with Crippen LogP contribution in [0.15, 0.2) is 36.4 Å². The van der Waals surface area contributed by atoms with Gasteiger partial charge in [0.25, 0.3) is 0 Å².